The van der Waals surface area contributed by atoms with Crippen molar-refractivity contribution in [1.82, 2.24) is 5.32 Å². The SMILES string of the molecule is CCC1OCC(=O)C1NC(=O)CC(C)C(C)CC(N)=O. The molecule has 0 spiro atoms. The number of Topliss-reactive ketones (excluding diaryl/α,β-unsaturated/α-hetero) is 1. The standard InChI is InChI=1S/C14H24N2O4/c1-4-11-14(10(17)7-20-11)16-13(19)6-9(3)8(2)5-12(15)18/h8-9,11,14H,4-7H2,1-3H3,(H2,15,18)(H,16,19). The number of carbonyl (C=O) groups is 3. The van der Waals surface area contributed by atoms with E-state index in [1.54, 1.807) is 0 Å². The summed E-state index contributed by atoms with van der Waals surface area (Å²) in [6, 6.07) is -0.536. The Labute approximate surface area is 119 Å². The number of primary amides is 1. The zero-order valence-corrected chi connectivity index (χ0v) is 12.3. The molecule has 1 aliphatic rings. The summed E-state index contributed by atoms with van der Waals surface area (Å²) in [6.45, 7) is 5.77. The third-order valence-corrected chi connectivity index (χ3v) is 3.88. The van der Waals surface area contributed by atoms with Gasteiger partial charge in [0.05, 0.1) is 6.10 Å². The van der Waals surface area contributed by atoms with Gasteiger partial charge in [0, 0.05) is 12.8 Å². The zero-order chi connectivity index (χ0) is 15.3. The quantitative estimate of drug-likeness (QED) is 0.706. The van der Waals surface area contributed by atoms with Gasteiger partial charge in [-0.15, -0.1) is 0 Å². The zero-order valence-electron chi connectivity index (χ0n) is 12.3. The van der Waals surface area contributed by atoms with Crippen LogP contribution in [0.1, 0.15) is 40.0 Å². The molecular weight excluding hydrogens is 260 g/mol. The highest BCUT2D eigenvalue weighted by Crippen LogP contribution is 2.19. The van der Waals surface area contributed by atoms with Crippen LogP contribution in [0.2, 0.25) is 0 Å². The first-order valence-corrected chi connectivity index (χ1v) is 7.07. The van der Waals surface area contributed by atoms with Gasteiger partial charge in [-0.1, -0.05) is 20.8 Å². The molecule has 1 fully saturated rings. The van der Waals surface area contributed by atoms with Gasteiger partial charge in [0.25, 0.3) is 0 Å². The fraction of sp³-hybridized carbons (Fsp3) is 0.786. The van der Waals surface area contributed by atoms with E-state index in [-0.39, 0.29) is 55.0 Å². The number of ether oxygens (including phenoxy) is 1. The average molecular weight is 284 g/mol. The molecule has 0 aromatic heterocycles. The molecule has 6 nitrogen and oxygen atoms in total. The number of hydrogen-bond donors (Lipinski definition) is 2. The number of rotatable bonds is 7. The van der Waals surface area contributed by atoms with Crippen molar-refractivity contribution < 1.29 is 19.1 Å². The van der Waals surface area contributed by atoms with Crippen LogP contribution in [0.5, 0.6) is 0 Å². The van der Waals surface area contributed by atoms with Crippen LogP contribution in [0.15, 0.2) is 0 Å². The Morgan fingerprint density at radius 2 is 1.95 bits per heavy atom. The summed E-state index contributed by atoms with van der Waals surface area (Å²) in [4.78, 5) is 34.5. The van der Waals surface area contributed by atoms with Crippen molar-refractivity contribution >= 4 is 17.6 Å². The van der Waals surface area contributed by atoms with Crippen LogP contribution in [-0.4, -0.2) is 36.4 Å². The Morgan fingerprint density at radius 1 is 1.35 bits per heavy atom. The number of nitrogens with two attached hydrogens (primary N) is 1. The van der Waals surface area contributed by atoms with E-state index >= 15 is 0 Å². The Balaban J connectivity index is 2.46. The molecule has 3 N–H and O–H groups in total. The van der Waals surface area contributed by atoms with Crippen LogP contribution in [-0.2, 0) is 19.1 Å². The van der Waals surface area contributed by atoms with Gasteiger partial charge in [0.15, 0.2) is 5.78 Å². The first-order chi connectivity index (χ1) is 9.35. The highest BCUT2D eigenvalue weighted by molar-refractivity contribution is 5.91. The van der Waals surface area contributed by atoms with Gasteiger partial charge in [-0.25, -0.2) is 0 Å². The molecule has 4 unspecified atom stereocenters. The van der Waals surface area contributed by atoms with E-state index in [0.29, 0.717) is 6.42 Å². The Bertz CT molecular complexity index is 383. The van der Waals surface area contributed by atoms with E-state index < -0.39 is 6.04 Å². The molecule has 20 heavy (non-hydrogen) atoms. The van der Waals surface area contributed by atoms with Gasteiger partial charge in [0.1, 0.15) is 12.6 Å². The predicted molar refractivity (Wildman–Crippen MR) is 73.7 cm³/mol. The highest BCUT2D eigenvalue weighted by atomic mass is 16.5. The highest BCUT2D eigenvalue weighted by Gasteiger charge is 2.35. The minimum Gasteiger partial charge on any atom is -0.370 e. The van der Waals surface area contributed by atoms with E-state index in [1.807, 2.05) is 20.8 Å². The van der Waals surface area contributed by atoms with Gasteiger partial charge < -0.3 is 15.8 Å². The van der Waals surface area contributed by atoms with Gasteiger partial charge in [0.2, 0.25) is 11.8 Å². The number of carbonyl (C=O) groups excluding carboxylic acids is 3. The van der Waals surface area contributed by atoms with Gasteiger partial charge >= 0.3 is 0 Å². The van der Waals surface area contributed by atoms with E-state index in [2.05, 4.69) is 5.32 Å². The molecule has 114 valence electrons. The summed E-state index contributed by atoms with van der Waals surface area (Å²) in [6.07, 6.45) is 0.987. The van der Waals surface area contributed by atoms with Crippen LogP contribution in [0.4, 0.5) is 0 Å². The van der Waals surface area contributed by atoms with Crippen molar-refractivity contribution in [3.63, 3.8) is 0 Å². The lowest BCUT2D eigenvalue weighted by Gasteiger charge is -2.21. The fourth-order valence-electron chi connectivity index (χ4n) is 2.35. The third kappa shape index (κ3) is 4.59. The molecule has 1 heterocycles. The largest absolute Gasteiger partial charge is 0.370 e. The minimum absolute atomic E-state index is 0.0278. The fourth-order valence-corrected chi connectivity index (χ4v) is 2.35. The topological polar surface area (TPSA) is 98.5 Å². The van der Waals surface area contributed by atoms with Crippen molar-refractivity contribution in [1.29, 1.82) is 0 Å². The molecule has 2 amide bonds. The maximum Gasteiger partial charge on any atom is 0.220 e. The summed E-state index contributed by atoms with van der Waals surface area (Å²) in [5.74, 6) is -0.565. The maximum absolute atomic E-state index is 12.0. The number of amides is 2. The van der Waals surface area contributed by atoms with Gasteiger partial charge in [-0.3, -0.25) is 14.4 Å². The second-order valence-corrected chi connectivity index (χ2v) is 5.60. The molecule has 1 aliphatic heterocycles. The van der Waals surface area contributed by atoms with E-state index in [4.69, 9.17) is 10.5 Å². The normalized spacial score (nSPS) is 25.2. The molecular formula is C14H24N2O4. The van der Waals surface area contributed by atoms with E-state index in [0.717, 1.165) is 0 Å². The van der Waals surface area contributed by atoms with Crippen molar-refractivity contribution in [3.8, 4) is 0 Å². The summed E-state index contributed by atoms with van der Waals surface area (Å²) in [7, 11) is 0. The second-order valence-electron chi connectivity index (χ2n) is 5.60. The van der Waals surface area contributed by atoms with Crippen LogP contribution in [0.3, 0.4) is 0 Å². The third-order valence-electron chi connectivity index (χ3n) is 3.88. The molecule has 0 bridgehead atoms. The van der Waals surface area contributed by atoms with E-state index in [1.165, 1.54) is 0 Å². The Kier molecular flexibility index (Phi) is 6.13. The molecule has 0 radical (unpaired) electrons. The summed E-state index contributed by atoms with van der Waals surface area (Å²) in [5, 5.41) is 2.74. The lowest BCUT2D eigenvalue weighted by Crippen LogP contribution is -2.45. The molecule has 1 rings (SSSR count). The molecule has 0 saturated carbocycles. The van der Waals surface area contributed by atoms with Crippen LogP contribution < -0.4 is 11.1 Å². The Morgan fingerprint density at radius 3 is 2.50 bits per heavy atom. The second kappa shape index (κ2) is 7.38. The van der Waals surface area contributed by atoms with Crippen molar-refractivity contribution in [3.05, 3.63) is 0 Å². The summed E-state index contributed by atoms with van der Waals surface area (Å²) in [5.41, 5.74) is 5.15. The molecule has 0 aromatic rings. The molecule has 1 saturated heterocycles. The Hall–Kier alpha value is -1.43. The van der Waals surface area contributed by atoms with Crippen molar-refractivity contribution in [2.45, 2.75) is 52.2 Å². The lowest BCUT2D eigenvalue weighted by molar-refractivity contribution is -0.127. The predicted octanol–water partition coefficient (Wildman–Crippen LogP) is 0.387. The molecule has 6 heteroatoms. The lowest BCUT2D eigenvalue weighted by atomic mass is 9.89. The van der Waals surface area contributed by atoms with Crippen LogP contribution >= 0.6 is 0 Å². The molecule has 0 aliphatic carbocycles. The number of nitrogens with one attached hydrogen (secondary N) is 1. The minimum atomic E-state index is -0.536. The summed E-state index contributed by atoms with van der Waals surface area (Å²) < 4.78 is 5.31. The van der Waals surface area contributed by atoms with E-state index in [9.17, 15) is 14.4 Å². The molecule has 4 atom stereocenters. The van der Waals surface area contributed by atoms with Crippen molar-refractivity contribution in [2.24, 2.45) is 17.6 Å². The number of hydrogen-bond acceptors (Lipinski definition) is 4. The smallest absolute Gasteiger partial charge is 0.220 e. The van der Waals surface area contributed by atoms with Gasteiger partial charge in [-0.2, -0.15) is 0 Å². The van der Waals surface area contributed by atoms with Crippen molar-refractivity contribution in [2.75, 3.05) is 6.61 Å². The first kappa shape index (κ1) is 16.6. The first-order valence-electron chi connectivity index (χ1n) is 7.07. The van der Waals surface area contributed by atoms with Crippen LogP contribution in [0.25, 0.3) is 0 Å². The van der Waals surface area contributed by atoms with Gasteiger partial charge in [-0.05, 0) is 18.3 Å². The maximum atomic E-state index is 12.0. The average Bonchev–Trinajstić information content (AvgIpc) is 2.69. The summed E-state index contributed by atoms with van der Waals surface area (Å²) >= 11 is 0. The molecule has 0 aromatic carbocycles. The number of ketones is 1. The van der Waals surface area contributed by atoms with Crippen LogP contribution in [0, 0.1) is 11.8 Å². The monoisotopic (exact) mass is 284 g/mol.